The third kappa shape index (κ3) is 3.74. The topological polar surface area (TPSA) is 57.6 Å². The van der Waals surface area contributed by atoms with E-state index in [1.807, 2.05) is 0 Å². The molecular formula is C13H15F2NO3. The van der Waals surface area contributed by atoms with Crippen molar-refractivity contribution in [1.29, 1.82) is 0 Å². The molecule has 0 spiro atoms. The van der Waals surface area contributed by atoms with Crippen LogP contribution in [0.2, 0.25) is 0 Å². The number of carbonyl (C=O) groups is 2. The Hall–Kier alpha value is -1.98. The van der Waals surface area contributed by atoms with Crippen LogP contribution in [0.15, 0.2) is 18.2 Å². The Kier molecular flexibility index (Phi) is 4.97. The van der Waals surface area contributed by atoms with Crippen LogP contribution >= 0.6 is 0 Å². The molecule has 0 fully saturated rings. The highest BCUT2D eigenvalue weighted by Crippen LogP contribution is 2.14. The number of carbonyl (C=O) groups excluding carboxylic acids is 1. The van der Waals surface area contributed by atoms with Crippen LogP contribution in [-0.2, 0) is 16.0 Å². The molecule has 1 aromatic rings. The van der Waals surface area contributed by atoms with Gasteiger partial charge in [0.15, 0.2) is 11.6 Å². The molecule has 1 N–H and O–H groups in total. The number of hydrogen-bond acceptors (Lipinski definition) is 2. The zero-order chi connectivity index (χ0) is 14.6. The van der Waals surface area contributed by atoms with Gasteiger partial charge in [0.2, 0.25) is 5.91 Å². The fourth-order valence-corrected chi connectivity index (χ4v) is 1.54. The summed E-state index contributed by atoms with van der Waals surface area (Å²) >= 11 is 0. The first-order valence-corrected chi connectivity index (χ1v) is 5.76. The van der Waals surface area contributed by atoms with Gasteiger partial charge in [-0.1, -0.05) is 12.1 Å². The summed E-state index contributed by atoms with van der Waals surface area (Å²) in [6.07, 6.45) is -0.0480. The zero-order valence-corrected chi connectivity index (χ0v) is 10.7. The Bertz CT molecular complexity index is 491. The molecule has 1 atom stereocenters. The van der Waals surface area contributed by atoms with Crippen LogP contribution in [0.1, 0.15) is 18.9 Å². The monoisotopic (exact) mass is 271 g/mol. The van der Waals surface area contributed by atoms with Crippen molar-refractivity contribution >= 4 is 11.9 Å². The molecule has 4 nitrogen and oxygen atoms in total. The van der Waals surface area contributed by atoms with Gasteiger partial charge in [-0.15, -0.1) is 0 Å². The van der Waals surface area contributed by atoms with E-state index >= 15 is 0 Å². The number of carboxylic acids is 1. The number of rotatable bonds is 5. The maximum atomic E-state index is 13.3. The fourth-order valence-electron chi connectivity index (χ4n) is 1.54. The van der Waals surface area contributed by atoms with E-state index in [1.54, 1.807) is 0 Å². The lowest BCUT2D eigenvalue weighted by Gasteiger charge is -2.21. The number of likely N-dealkylation sites (N-methyl/N-ethyl adjacent to an activating group) is 1. The quantitative estimate of drug-likeness (QED) is 0.888. The lowest BCUT2D eigenvalue weighted by molar-refractivity contribution is -0.148. The molecule has 19 heavy (non-hydrogen) atoms. The molecule has 0 aromatic heterocycles. The summed E-state index contributed by atoms with van der Waals surface area (Å²) in [6, 6.07) is 2.80. The Morgan fingerprint density at radius 3 is 2.58 bits per heavy atom. The minimum atomic E-state index is -1.12. The molecule has 0 aliphatic rings. The Labute approximate surface area is 109 Å². The van der Waals surface area contributed by atoms with E-state index in [1.165, 1.54) is 26.1 Å². The van der Waals surface area contributed by atoms with E-state index in [0.717, 1.165) is 11.0 Å². The summed E-state index contributed by atoms with van der Waals surface area (Å²) in [7, 11) is 1.36. The molecule has 0 radical (unpaired) electrons. The van der Waals surface area contributed by atoms with Gasteiger partial charge in [-0.25, -0.2) is 13.6 Å². The lowest BCUT2D eigenvalue weighted by Crippen LogP contribution is -2.40. The standard InChI is InChI=1S/C13H15F2NO3/c1-8(13(18)19)16(2)11(17)7-6-9-4-3-5-10(14)12(9)15/h3-5,8H,6-7H2,1-2H3,(H,18,19). The first kappa shape index (κ1) is 15.1. The minimum Gasteiger partial charge on any atom is -0.480 e. The molecule has 1 amide bonds. The van der Waals surface area contributed by atoms with Gasteiger partial charge in [-0.2, -0.15) is 0 Å². The van der Waals surface area contributed by atoms with Gasteiger partial charge in [0.1, 0.15) is 6.04 Å². The maximum Gasteiger partial charge on any atom is 0.326 e. The predicted octanol–water partition coefficient (Wildman–Crippen LogP) is 1.83. The predicted molar refractivity (Wildman–Crippen MR) is 64.5 cm³/mol. The van der Waals surface area contributed by atoms with E-state index < -0.39 is 29.6 Å². The van der Waals surface area contributed by atoms with Gasteiger partial charge in [0.05, 0.1) is 0 Å². The van der Waals surface area contributed by atoms with Crippen LogP contribution < -0.4 is 0 Å². The van der Waals surface area contributed by atoms with E-state index in [0.29, 0.717) is 0 Å². The van der Waals surface area contributed by atoms with Crippen molar-refractivity contribution in [3.05, 3.63) is 35.4 Å². The van der Waals surface area contributed by atoms with Crippen molar-refractivity contribution in [2.24, 2.45) is 0 Å². The van der Waals surface area contributed by atoms with Crippen molar-refractivity contribution < 1.29 is 23.5 Å². The first-order valence-electron chi connectivity index (χ1n) is 5.76. The molecule has 6 heteroatoms. The van der Waals surface area contributed by atoms with Gasteiger partial charge in [-0.3, -0.25) is 4.79 Å². The molecule has 0 bridgehead atoms. The summed E-state index contributed by atoms with van der Waals surface area (Å²) < 4.78 is 26.3. The van der Waals surface area contributed by atoms with E-state index in [4.69, 9.17) is 5.11 Å². The number of nitrogens with zero attached hydrogens (tertiary/aromatic N) is 1. The molecule has 1 aromatic carbocycles. The summed E-state index contributed by atoms with van der Waals surface area (Å²) in [5, 5.41) is 8.76. The summed E-state index contributed by atoms with van der Waals surface area (Å²) in [5.74, 6) is -3.48. The smallest absolute Gasteiger partial charge is 0.326 e. The molecule has 1 rings (SSSR count). The number of benzene rings is 1. The number of carboxylic acid groups (broad SMARTS) is 1. The SMILES string of the molecule is CC(C(=O)O)N(C)C(=O)CCc1cccc(F)c1F. The van der Waals surface area contributed by atoms with Crippen molar-refractivity contribution in [2.75, 3.05) is 7.05 Å². The largest absolute Gasteiger partial charge is 0.480 e. The van der Waals surface area contributed by atoms with Crippen LogP contribution in [0.5, 0.6) is 0 Å². The number of halogens is 2. The summed E-state index contributed by atoms with van der Waals surface area (Å²) in [4.78, 5) is 23.5. The second-order valence-electron chi connectivity index (χ2n) is 4.23. The molecule has 1 unspecified atom stereocenters. The van der Waals surface area contributed by atoms with E-state index in [2.05, 4.69) is 0 Å². The third-order valence-electron chi connectivity index (χ3n) is 2.97. The van der Waals surface area contributed by atoms with E-state index in [9.17, 15) is 18.4 Å². The highest BCUT2D eigenvalue weighted by molar-refractivity contribution is 5.83. The van der Waals surface area contributed by atoms with Gasteiger partial charge < -0.3 is 10.0 Å². The highest BCUT2D eigenvalue weighted by atomic mass is 19.2. The number of amides is 1. The Balaban J connectivity index is 2.64. The van der Waals surface area contributed by atoms with Crippen LogP contribution in [0.25, 0.3) is 0 Å². The van der Waals surface area contributed by atoms with Crippen LogP contribution in [-0.4, -0.2) is 35.0 Å². The zero-order valence-electron chi connectivity index (χ0n) is 10.7. The minimum absolute atomic E-state index is 0.0269. The Morgan fingerprint density at radius 2 is 2.00 bits per heavy atom. The lowest BCUT2D eigenvalue weighted by atomic mass is 10.1. The number of aliphatic carboxylic acids is 1. The highest BCUT2D eigenvalue weighted by Gasteiger charge is 2.21. The number of aryl methyl sites for hydroxylation is 1. The van der Waals surface area contributed by atoms with Crippen molar-refractivity contribution in [2.45, 2.75) is 25.8 Å². The fraction of sp³-hybridized carbons (Fsp3) is 0.385. The second-order valence-corrected chi connectivity index (χ2v) is 4.23. The molecule has 0 heterocycles. The van der Waals surface area contributed by atoms with Gasteiger partial charge >= 0.3 is 5.97 Å². The maximum absolute atomic E-state index is 13.3. The van der Waals surface area contributed by atoms with Gasteiger partial charge in [-0.05, 0) is 25.0 Å². The third-order valence-corrected chi connectivity index (χ3v) is 2.97. The first-order chi connectivity index (χ1) is 8.84. The molecule has 0 saturated heterocycles. The van der Waals surface area contributed by atoms with Crippen LogP contribution in [0, 0.1) is 11.6 Å². The van der Waals surface area contributed by atoms with Crippen molar-refractivity contribution in [3.63, 3.8) is 0 Å². The van der Waals surface area contributed by atoms with Crippen molar-refractivity contribution in [1.82, 2.24) is 4.90 Å². The van der Waals surface area contributed by atoms with E-state index in [-0.39, 0.29) is 18.4 Å². The van der Waals surface area contributed by atoms with Gasteiger partial charge in [0, 0.05) is 13.5 Å². The Morgan fingerprint density at radius 1 is 1.37 bits per heavy atom. The van der Waals surface area contributed by atoms with Gasteiger partial charge in [0.25, 0.3) is 0 Å². The molecular weight excluding hydrogens is 256 g/mol. The van der Waals surface area contributed by atoms with Crippen LogP contribution in [0.3, 0.4) is 0 Å². The summed E-state index contributed by atoms with van der Waals surface area (Å²) in [5.41, 5.74) is 0.102. The molecule has 0 saturated carbocycles. The average Bonchev–Trinajstić information content (AvgIpc) is 2.38. The van der Waals surface area contributed by atoms with Crippen molar-refractivity contribution in [3.8, 4) is 0 Å². The van der Waals surface area contributed by atoms with Crippen LogP contribution in [0.4, 0.5) is 8.78 Å². The summed E-state index contributed by atoms with van der Waals surface area (Å²) in [6.45, 7) is 1.38. The molecule has 0 aliphatic carbocycles. The molecule has 0 aliphatic heterocycles. The second kappa shape index (κ2) is 6.26. The normalized spacial score (nSPS) is 12.0. The molecule has 104 valence electrons. The number of hydrogen-bond donors (Lipinski definition) is 1. The average molecular weight is 271 g/mol.